The van der Waals surface area contributed by atoms with Gasteiger partial charge in [-0.2, -0.15) is 0 Å². The van der Waals surface area contributed by atoms with E-state index < -0.39 is 0 Å². The third-order valence-corrected chi connectivity index (χ3v) is 4.99. The standard InChI is InChI=1S/C15H21N3OS/c1-11-3-2-4-12(9-11)16-6-7-18-10-17-14-13(15(18)19)5-8-20-14/h5,8,10-12,16H,2-4,6-7,9H2,1H3. The number of rotatable bonds is 4. The third-order valence-electron chi connectivity index (χ3n) is 4.17. The van der Waals surface area contributed by atoms with Crippen molar-refractivity contribution in [3.63, 3.8) is 0 Å². The van der Waals surface area contributed by atoms with E-state index in [9.17, 15) is 4.79 Å². The fraction of sp³-hybridized carbons (Fsp3) is 0.600. The molecular formula is C15H21N3OS. The van der Waals surface area contributed by atoms with Gasteiger partial charge in [-0.15, -0.1) is 11.3 Å². The molecule has 2 aromatic rings. The van der Waals surface area contributed by atoms with Gasteiger partial charge in [0.05, 0.1) is 11.7 Å². The average molecular weight is 291 g/mol. The third kappa shape index (κ3) is 2.94. The van der Waals surface area contributed by atoms with Gasteiger partial charge in [0, 0.05) is 19.1 Å². The van der Waals surface area contributed by atoms with Gasteiger partial charge in [-0.05, 0) is 30.2 Å². The molecule has 4 nitrogen and oxygen atoms in total. The molecule has 1 saturated carbocycles. The number of fused-ring (bicyclic) bond motifs is 1. The maximum absolute atomic E-state index is 12.2. The SMILES string of the molecule is CC1CCCC(NCCn2cnc3sccc3c2=O)C1. The van der Waals surface area contributed by atoms with E-state index in [2.05, 4.69) is 17.2 Å². The summed E-state index contributed by atoms with van der Waals surface area (Å²) in [4.78, 5) is 17.4. The van der Waals surface area contributed by atoms with Crippen LogP contribution in [0.5, 0.6) is 0 Å². The summed E-state index contributed by atoms with van der Waals surface area (Å²) in [6.07, 6.45) is 6.88. The smallest absolute Gasteiger partial charge is 0.262 e. The number of aromatic nitrogens is 2. The van der Waals surface area contributed by atoms with E-state index in [0.29, 0.717) is 12.6 Å². The lowest BCUT2D eigenvalue weighted by Crippen LogP contribution is -2.36. The first kappa shape index (κ1) is 13.8. The summed E-state index contributed by atoms with van der Waals surface area (Å²) in [7, 11) is 0. The largest absolute Gasteiger partial charge is 0.312 e. The van der Waals surface area contributed by atoms with Crippen LogP contribution in [-0.2, 0) is 6.54 Å². The van der Waals surface area contributed by atoms with E-state index in [1.165, 1.54) is 37.0 Å². The van der Waals surface area contributed by atoms with Crippen LogP contribution in [0.1, 0.15) is 32.6 Å². The monoisotopic (exact) mass is 291 g/mol. The number of hydrogen-bond donors (Lipinski definition) is 1. The average Bonchev–Trinajstić information content (AvgIpc) is 2.91. The maximum Gasteiger partial charge on any atom is 0.262 e. The van der Waals surface area contributed by atoms with Crippen LogP contribution >= 0.6 is 11.3 Å². The predicted molar refractivity (Wildman–Crippen MR) is 83.3 cm³/mol. The van der Waals surface area contributed by atoms with Gasteiger partial charge >= 0.3 is 0 Å². The molecule has 1 N–H and O–H groups in total. The van der Waals surface area contributed by atoms with Gasteiger partial charge in [0.15, 0.2) is 0 Å². The van der Waals surface area contributed by atoms with Crippen molar-refractivity contribution >= 4 is 21.6 Å². The first-order valence-corrected chi connectivity index (χ1v) is 8.28. The number of nitrogens with zero attached hydrogens (tertiary/aromatic N) is 2. The molecule has 5 heteroatoms. The lowest BCUT2D eigenvalue weighted by Gasteiger charge is -2.27. The second kappa shape index (κ2) is 6.06. The van der Waals surface area contributed by atoms with Gasteiger partial charge in [0.2, 0.25) is 0 Å². The van der Waals surface area contributed by atoms with Crippen molar-refractivity contribution in [1.29, 1.82) is 0 Å². The molecule has 1 aliphatic rings. The highest BCUT2D eigenvalue weighted by Crippen LogP contribution is 2.23. The Labute approximate surface area is 122 Å². The van der Waals surface area contributed by atoms with E-state index in [4.69, 9.17) is 0 Å². The minimum atomic E-state index is 0.0788. The van der Waals surface area contributed by atoms with Crippen LogP contribution in [0.15, 0.2) is 22.6 Å². The number of hydrogen-bond acceptors (Lipinski definition) is 4. The molecule has 2 aromatic heterocycles. The van der Waals surface area contributed by atoms with Gasteiger partial charge in [-0.1, -0.05) is 19.8 Å². The summed E-state index contributed by atoms with van der Waals surface area (Å²) in [6, 6.07) is 2.48. The van der Waals surface area contributed by atoms with Crippen LogP contribution in [0.3, 0.4) is 0 Å². The molecule has 0 spiro atoms. The molecule has 2 heterocycles. The molecule has 1 fully saturated rings. The summed E-state index contributed by atoms with van der Waals surface area (Å²) >= 11 is 1.52. The summed E-state index contributed by atoms with van der Waals surface area (Å²) in [5.41, 5.74) is 0.0788. The number of thiophene rings is 1. The normalized spacial score (nSPS) is 23.2. The van der Waals surface area contributed by atoms with E-state index in [-0.39, 0.29) is 5.56 Å². The summed E-state index contributed by atoms with van der Waals surface area (Å²) < 4.78 is 1.72. The van der Waals surface area contributed by atoms with Crippen molar-refractivity contribution in [1.82, 2.24) is 14.9 Å². The first-order valence-electron chi connectivity index (χ1n) is 7.40. The highest BCUT2D eigenvalue weighted by Gasteiger charge is 2.17. The topological polar surface area (TPSA) is 46.9 Å². The van der Waals surface area contributed by atoms with E-state index in [1.807, 2.05) is 11.4 Å². The van der Waals surface area contributed by atoms with Crippen LogP contribution in [0.4, 0.5) is 0 Å². The second-order valence-corrected chi connectivity index (χ2v) is 6.70. The van der Waals surface area contributed by atoms with Crippen LogP contribution in [0, 0.1) is 5.92 Å². The van der Waals surface area contributed by atoms with E-state index in [0.717, 1.165) is 22.7 Å². The van der Waals surface area contributed by atoms with Crippen molar-refractivity contribution in [3.05, 3.63) is 28.1 Å². The fourth-order valence-corrected chi connectivity index (χ4v) is 3.78. The summed E-state index contributed by atoms with van der Waals surface area (Å²) in [5, 5.41) is 6.25. The minimum absolute atomic E-state index is 0.0788. The first-order chi connectivity index (χ1) is 9.74. The molecule has 0 amide bonds. The van der Waals surface area contributed by atoms with Crippen LogP contribution in [0.2, 0.25) is 0 Å². The fourth-order valence-electron chi connectivity index (χ4n) is 3.06. The van der Waals surface area contributed by atoms with E-state index in [1.54, 1.807) is 10.9 Å². The molecule has 0 aliphatic heterocycles. The van der Waals surface area contributed by atoms with Crippen molar-refractivity contribution < 1.29 is 0 Å². The zero-order valence-electron chi connectivity index (χ0n) is 11.8. The molecule has 0 aromatic carbocycles. The highest BCUT2D eigenvalue weighted by atomic mass is 32.1. The summed E-state index contributed by atoms with van der Waals surface area (Å²) in [6.45, 7) is 3.86. The molecule has 0 radical (unpaired) electrons. The Morgan fingerprint density at radius 1 is 1.50 bits per heavy atom. The van der Waals surface area contributed by atoms with Crippen LogP contribution in [0.25, 0.3) is 10.2 Å². The molecular weight excluding hydrogens is 270 g/mol. The van der Waals surface area contributed by atoms with Crippen LogP contribution in [-0.4, -0.2) is 22.1 Å². The Morgan fingerprint density at radius 2 is 2.40 bits per heavy atom. The molecule has 3 rings (SSSR count). The van der Waals surface area contributed by atoms with Gasteiger partial charge < -0.3 is 5.32 Å². The Hall–Kier alpha value is -1.20. The van der Waals surface area contributed by atoms with Crippen LogP contribution < -0.4 is 10.9 Å². The zero-order valence-corrected chi connectivity index (χ0v) is 12.7. The molecule has 0 bridgehead atoms. The maximum atomic E-state index is 12.2. The summed E-state index contributed by atoms with van der Waals surface area (Å²) in [5.74, 6) is 0.827. The van der Waals surface area contributed by atoms with Gasteiger partial charge in [-0.25, -0.2) is 4.98 Å². The molecule has 20 heavy (non-hydrogen) atoms. The molecule has 2 unspecified atom stereocenters. The van der Waals surface area contributed by atoms with Gasteiger partial charge in [0.25, 0.3) is 5.56 Å². The second-order valence-electron chi connectivity index (χ2n) is 5.81. The molecule has 1 aliphatic carbocycles. The Kier molecular flexibility index (Phi) is 4.17. The number of nitrogens with one attached hydrogen (secondary N) is 1. The zero-order chi connectivity index (χ0) is 13.9. The lowest BCUT2D eigenvalue weighted by molar-refractivity contribution is 0.299. The minimum Gasteiger partial charge on any atom is -0.312 e. The highest BCUT2D eigenvalue weighted by molar-refractivity contribution is 7.16. The van der Waals surface area contributed by atoms with Crippen molar-refractivity contribution in [2.75, 3.05) is 6.54 Å². The molecule has 108 valence electrons. The molecule has 2 atom stereocenters. The van der Waals surface area contributed by atoms with Crippen molar-refractivity contribution in [2.24, 2.45) is 5.92 Å². The lowest BCUT2D eigenvalue weighted by atomic mass is 9.87. The van der Waals surface area contributed by atoms with E-state index >= 15 is 0 Å². The quantitative estimate of drug-likeness (QED) is 0.942. The molecule has 0 saturated heterocycles. The van der Waals surface area contributed by atoms with Crippen molar-refractivity contribution in [3.8, 4) is 0 Å². The predicted octanol–water partition coefficient (Wildman–Crippen LogP) is 2.63. The Balaban J connectivity index is 1.59. The Bertz CT molecular complexity index is 633. The van der Waals surface area contributed by atoms with Crippen molar-refractivity contribution in [2.45, 2.75) is 45.2 Å². The van der Waals surface area contributed by atoms with Gasteiger partial charge in [-0.3, -0.25) is 9.36 Å². The van der Waals surface area contributed by atoms with Gasteiger partial charge in [0.1, 0.15) is 4.83 Å². The Morgan fingerprint density at radius 3 is 3.25 bits per heavy atom.